The van der Waals surface area contributed by atoms with Crippen molar-refractivity contribution in [3.63, 3.8) is 0 Å². The van der Waals surface area contributed by atoms with E-state index in [-0.39, 0.29) is 6.04 Å². The Labute approximate surface area is 81.5 Å². The minimum atomic E-state index is 0.203. The van der Waals surface area contributed by atoms with E-state index in [1.807, 2.05) is 32.9 Å². The van der Waals surface area contributed by atoms with Crippen molar-refractivity contribution >= 4 is 0 Å². The Kier molecular flexibility index (Phi) is 5.69. The van der Waals surface area contributed by atoms with Crippen molar-refractivity contribution in [2.75, 3.05) is 0 Å². The van der Waals surface area contributed by atoms with Crippen LogP contribution in [0.5, 0.6) is 0 Å². The lowest BCUT2D eigenvalue weighted by Crippen LogP contribution is -2.26. The van der Waals surface area contributed by atoms with Gasteiger partial charge in [0.05, 0.1) is 6.04 Å². The summed E-state index contributed by atoms with van der Waals surface area (Å²) in [7, 11) is 0. The molecular formula is C12H19N. The van der Waals surface area contributed by atoms with Crippen molar-refractivity contribution in [1.82, 2.24) is 5.32 Å². The Morgan fingerprint density at radius 3 is 2.31 bits per heavy atom. The van der Waals surface area contributed by atoms with Crippen LogP contribution in [0.2, 0.25) is 0 Å². The van der Waals surface area contributed by atoms with Crippen LogP contribution in [0.4, 0.5) is 0 Å². The van der Waals surface area contributed by atoms with Crippen LogP contribution in [0, 0.1) is 0 Å². The fourth-order valence-electron chi connectivity index (χ4n) is 0.968. The van der Waals surface area contributed by atoms with E-state index in [1.54, 1.807) is 6.08 Å². The van der Waals surface area contributed by atoms with Gasteiger partial charge in [0.15, 0.2) is 0 Å². The van der Waals surface area contributed by atoms with Crippen LogP contribution >= 0.6 is 0 Å². The van der Waals surface area contributed by atoms with Crippen molar-refractivity contribution in [1.29, 1.82) is 0 Å². The van der Waals surface area contributed by atoms with Crippen molar-refractivity contribution in [3.05, 3.63) is 48.7 Å². The van der Waals surface area contributed by atoms with Gasteiger partial charge in [-0.25, -0.2) is 0 Å². The highest BCUT2D eigenvalue weighted by Gasteiger charge is 2.03. The third kappa shape index (κ3) is 4.36. The molecule has 1 heteroatoms. The van der Waals surface area contributed by atoms with Gasteiger partial charge in [0.1, 0.15) is 0 Å². The average Bonchev–Trinajstić information content (AvgIpc) is 2.11. The molecule has 1 atom stereocenters. The van der Waals surface area contributed by atoms with E-state index in [4.69, 9.17) is 0 Å². The molecule has 72 valence electrons. The number of hydrogen-bond donors (Lipinski definition) is 1. The number of allylic oxidation sites excluding steroid dienone is 3. The Bertz CT molecular complexity index is 234. The molecule has 0 aromatic rings. The van der Waals surface area contributed by atoms with Crippen LogP contribution in [-0.4, -0.2) is 6.04 Å². The zero-order chi connectivity index (χ0) is 10.3. The average molecular weight is 177 g/mol. The van der Waals surface area contributed by atoms with Gasteiger partial charge < -0.3 is 5.32 Å². The molecule has 1 N–H and O–H groups in total. The molecule has 0 spiro atoms. The molecule has 0 rings (SSSR count). The molecule has 0 radical (unpaired) electrons. The van der Waals surface area contributed by atoms with Crippen molar-refractivity contribution in [3.8, 4) is 0 Å². The molecule has 0 aliphatic carbocycles. The van der Waals surface area contributed by atoms with Gasteiger partial charge in [0, 0.05) is 5.70 Å². The van der Waals surface area contributed by atoms with E-state index in [9.17, 15) is 0 Å². The summed E-state index contributed by atoms with van der Waals surface area (Å²) in [5, 5.41) is 3.31. The van der Waals surface area contributed by atoms with E-state index in [2.05, 4.69) is 24.6 Å². The zero-order valence-corrected chi connectivity index (χ0v) is 8.80. The van der Waals surface area contributed by atoms with E-state index < -0.39 is 0 Å². The van der Waals surface area contributed by atoms with E-state index in [0.29, 0.717) is 0 Å². The first-order valence-corrected chi connectivity index (χ1v) is 4.49. The summed E-state index contributed by atoms with van der Waals surface area (Å²) < 4.78 is 0. The highest BCUT2D eigenvalue weighted by molar-refractivity contribution is 5.21. The lowest BCUT2D eigenvalue weighted by atomic mass is 10.1. The molecule has 0 fully saturated rings. The first-order valence-electron chi connectivity index (χ1n) is 4.49. The highest BCUT2D eigenvalue weighted by atomic mass is 14.9. The second-order valence-electron chi connectivity index (χ2n) is 2.94. The monoisotopic (exact) mass is 177 g/mol. The quantitative estimate of drug-likeness (QED) is 0.502. The van der Waals surface area contributed by atoms with Crippen LogP contribution in [0.15, 0.2) is 48.7 Å². The summed E-state index contributed by atoms with van der Waals surface area (Å²) in [6.07, 6.45) is 7.89. The highest BCUT2D eigenvalue weighted by Crippen LogP contribution is 2.03. The van der Waals surface area contributed by atoms with Gasteiger partial charge >= 0.3 is 0 Å². The van der Waals surface area contributed by atoms with Gasteiger partial charge in [-0.1, -0.05) is 37.0 Å². The summed E-state index contributed by atoms with van der Waals surface area (Å²) in [5.74, 6) is 0. The first kappa shape index (κ1) is 11.8. The first-order chi connectivity index (χ1) is 6.15. The molecular weight excluding hydrogens is 158 g/mol. The maximum Gasteiger partial charge on any atom is 0.0652 e. The fraction of sp³-hybridized carbons (Fsp3) is 0.333. The van der Waals surface area contributed by atoms with Crippen LogP contribution in [0.3, 0.4) is 0 Å². The van der Waals surface area contributed by atoms with Gasteiger partial charge in [-0.2, -0.15) is 0 Å². The molecule has 0 aliphatic rings. The number of rotatable bonds is 5. The molecule has 1 unspecified atom stereocenters. The van der Waals surface area contributed by atoms with Crippen molar-refractivity contribution in [2.24, 2.45) is 0 Å². The molecule has 0 bridgehead atoms. The Hall–Kier alpha value is -1.24. The molecule has 0 aromatic carbocycles. The zero-order valence-electron chi connectivity index (χ0n) is 8.80. The summed E-state index contributed by atoms with van der Waals surface area (Å²) in [5.41, 5.74) is 2.13. The van der Waals surface area contributed by atoms with E-state index in [1.165, 1.54) is 0 Å². The Morgan fingerprint density at radius 2 is 2.00 bits per heavy atom. The summed E-state index contributed by atoms with van der Waals surface area (Å²) in [6, 6.07) is 0.203. The maximum atomic E-state index is 3.92. The number of nitrogens with one attached hydrogen (secondary N) is 1. The van der Waals surface area contributed by atoms with Crippen LogP contribution in [-0.2, 0) is 0 Å². The minimum absolute atomic E-state index is 0.203. The molecule has 0 saturated carbocycles. The van der Waals surface area contributed by atoms with Gasteiger partial charge in [0.2, 0.25) is 0 Å². The number of hydrogen-bond acceptors (Lipinski definition) is 1. The molecule has 13 heavy (non-hydrogen) atoms. The molecule has 0 saturated heterocycles. The second-order valence-corrected chi connectivity index (χ2v) is 2.94. The molecule has 0 heterocycles. The largest absolute Gasteiger partial charge is 0.375 e. The van der Waals surface area contributed by atoms with Crippen LogP contribution in [0.1, 0.15) is 20.8 Å². The SMILES string of the molecule is C=C/C(=C\C)NC(/C=C\C)C(=C)C. The third-order valence-electron chi connectivity index (χ3n) is 1.77. The fourth-order valence-corrected chi connectivity index (χ4v) is 0.968. The Balaban J connectivity index is 4.42. The van der Waals surface area contributed by atoms with E-state index >= 15 is 0 Å². The lowest BCUT2D eigenvalue weighted by molar-refractivity contribution is 0.766. The van der Waals surface area contributed by atoms with Gasteiger partial charge in [-0.05, 0) is 26.8 Å². The maximum absolute atomic E-state index is 3.92. The summed E-state index contributed by atoms with van der Waals surface area (Å²) >= 11 is 0. The summed E-state index contributed by atoms with van der Waals surface area (Å²) in [4.78, 5) is 0. The standard InChI is InChI=1S/C12H19N/c1-6-9-12(10(4)5)13-11(7-2)8-3/h6-9,12-13H,2,4H2,1,3,5H3/b9-6-,11-8+. The van der Waals surface area contributed by atoms with Crippen molar-refractivity contribution in [2.45, 2.75) is 26.8 Å². The summed E-state index contributed by atoms with van der Waals surface area (Å²) in [6.45, 7) is 13.6. The van der Waals surface area contributed by atoms with Crippen molar-refractivity contribution < 1.29 is 0 Å². The molecule has 0 amide bonds. The van der Waals surface area contributed by atoms with Crippen LogP contribution < -0.4 is 5.32 Å². The third-order valence-corrected chi connectivity index (χ3v) is 1.77. The van der Waals surface area contributed by atoms with Gasteiger partial charge in [0.25, 0.3) is 0 Å². The Morgan fingerprint density at radius 1 is 1.38 bits per heavy atom. The lowest BCUT2D eigenvalue weighted by Gasteiger charge is -2.16. The predicted octanol–water partition coefficient (Wildman–Crippen LogP) is 3.19. The van der Waals surface area contributed by atoms with Crippen LogP contribution in [0.25, 0.3) is 0 Å². The topological polar surface area (TPSA) is 12.0 Å². The normalized spacial score (nSPS) is 14.2. The minimum Gasteiger partial charge on any atom is -0.375 e. The molecule has 1 nitrogen and oxygen atoms in total. The van der Waals surface area contributed by atoms with E-state index in [0.717, 1.165) is 11.3 Å². The molecule has 0 aromatic heterocycles. The smallest absolute Gasteiger partial charge is 0.0652 e. The predicted molar refractivity (Wildman–Crippen MR) is 60.5 cm³/mol. The van der Waals surface area contributed by atoms with Gasteiger partial charge in [-0.3, -0.25) is 0 Å². The second kappa shape index (κ2) is 6.30. The molecule has 0 aliphatic heterocycles. The van der Waals surface area contributed by atoms with Gasteiger partial charge in [-0.15, -0.1) is 0 Å².